The van der Waals surface area contributed by atoms with Gasteiger partial charge in [0, 0.05) is 13.1 Å². The van der Waals surface area contributed by atoms with Crippen molar-refractivity contribution < 1.29 is 9.59 Å². The topological polar surface area (TPSA) is 115 Å². The summed E-state index contributed by atoms with van der Waals surface area (Å²) in [6.07, 6.45) is 2.91. The van der Waals surface area contributed by atoms with E-state index in [0.29, 0.717) is 6.54 Å². The minimum Gasteiger partial charge on any atom is -0.368 e. The SMILES string of the molecule is CCCCCN(CC(N)C(N)=O)C(N)=O. The number of urea groups is 1. The second kappa shape index (κ2) is 7.05. The van der Waals surface area contributed by atoms with Crippen LogP contribution in [-0.4, -0.2) is 36.0 Å². The predicted octanol–water partition coefficient (Wildman–Crippen LogP) is -0.630. The number of hydrogen-bond donors (Lipinski definition) is 3. The summed E-state index contributed by atoms with van der Waals surface area (Å²) in [7, 11) is 0. The third-order valence-electron chi connectivity index (χ3n) is 2.13. The van der Waals surface area contributed by atoms with E-state index in [1.54, 1.807) is 0 Å². The summed E-state index contributed by atoms with van der Waals surface area (Å²) in [5.41, 5.74) is 15.6. The van der Waals surface area contributed by atoms with Crippen molar-refractivity contribution in [2.75, 3.05) is 13.1 Å². The summed E-state index contributed by atoms with van der Waals surface area (Å²) in [5, 5.41) is 0. The maximum atomic E-state index is 11.0. The molecule has 0 aromatic rings. The van der Waals surface area contributed by atoms with Gasteiger partial charge in [-0.1, -0.05) is 19.8 Å². The van der Waals surface area contributed by atoms with E-state index in [-0.39, 0.29) is 6.54 Å². The standard InChI is InChI=1S/C9H20N4O2/c1-2-3-4-5-13(9(12)15)6-7(10)8(11)14/h7H,2-6,10H2,1H3,(H2,11,14)(H2,12,15). The maximum Gasteiger partial charge on any atom is 0.314 e. The highest BCUT2D eigenvalue weighted by Gasteiger charge is 2.17. The normalized spacial score (nSPS) is 12.1. The summed E-state index contributed by atoms with van der Waals surface area (Å²) >= 11 is 0. The lowest BCUT2D eigenvalue weighted by Gasteiger charge is -2.22. The molecule has 0 spiro atoms. The highest BCUT2D eigenvalue weighted by atomic mass is 16.2. The zero-order valence-corrected chi connectivity index (χ0v) is 9.11. The second-order valence-corrected chi connectivity index (χ2v) is 3.50. The number of nitrogens with two attached hydrogens (primary N) is 3. The van der Waals surface area contributed by atoms with Gasteiger partial charge in [0.1, 0.15) is 6.04 Å². The van der Waals surface area contributed by atoms with Gasteiger partial charge < -0.3 is 22.1 Å². The van der Waals surface area contributed by atoms with Crippen LogP contribution < -0.4 is 17.2 Å². The van der Waals surface area contributed by atoms with Gasteiger partial charge in [0.05, 0.1) is 0 Å². The molecule has 6 nitrogen and oxygen atoms in total. The average molecular weight is 216 g/mol. The molecule has 0 bridgehead atoms. The Kier molecular flexibility index (Phi) is 6.44. The molecular formula is C9H20N4O2. The van der Waals surface area contributed by atoms with Crippen LogP contribution in [0.25, 0.3) is 0 Å². The number of rotatable bonds is 7. The molecule has 0 saturated heterocycles. The molecule has 0 heterocycles. The number of primary amides is 2. The zero-order chi connectivity index (χ0) is 11.8. The molecule has 0 radical (unpaired) electrons. The van der Waals surface area contributed by atoms with Crippen molar-refractivity contribution in [2.24, 2.45) is 17.2 Å². The molecule has 6 N–H and O–H groups in total. The Hall–Kier alpha value is -1.30. The zero-order valence-electron chi connectivity index (χ0n) is 9.11. The van der Waals surface area contributed by atoms with Gasteiger partial charge in [-0.3, -0.25) is 4.79 Å². The van der Waals surface area contributed by atoms with Crippen molar-refractivity contribution in [3.8, 4) is 0 Å². The quantitative estimate of drug-likeness (QED) is 0.492. The molecule has 0 aliphatic rings. The van der Waals surface area contributed by atoms with Crippen LogP contribution in [-0.2, 0) is 4.79 Å². The van der Waals surface area contributed by atoms with E-state index >= 15 is 0 Å². The van der Waals surface area contributed by atoms with Crippen molar-refractivity contribution in [1.29, 1.82) is 0 Å². The molecule has 1 atom stereocenters. The minimum atomic E-state index is -0.848. The smallest absolute Gasteiger partial charge is 0.314 e. The third kappa shape index (κ3) is 5.90. The van der Waals surface area contributed by atoms with Crippen LogP contribution >= 0.6 is 0 Å². The second-order valence-electron chi connectivity index (χ2n) is 3.50. The average Bonchev–Trinajstić information content (AvgIpc) is 2.15. The molecular weight excluding hydrogens is 196 g/mol. The van der Waals surface area contributed by atoms with E-state index in [1.165, 1.54) is 4.90 Å². The van der Waals surface area contributed by atoms with Gasteiger partial charge >= 0.3 is 6.03 Å². The van der Waals surface area contributed by atoms with Crippen LogP contribution in [0.4, 0.5) is 4.79 Å². The van der Waals surface area contributed by atoms with E-state index in [9.17, 15) is 9.59 Å². The van der Waals surface area contributed by atoms with Crippen molar-refractivity contribution >= 4 is 11.9 Å². The van der Waals surface area contributed by atoms with Gasteiger partial charge in [0.25, 0.3) is 0 Å². The van der Waals surface area contributed by atoms with Gasteiger partial charge in [-0.25, -0.2) is 4.79 Å². The highest BCUT2D eigenvalue weighted by molar-refractivity contribution is 5.81. The molecule has 0 fully saturated rings. The first kappa shape index (κ1) is 13.7. The van der Waals surface area contributed by atoms with Gasteiger partial charge in [-0.05, 0) is 6.42 Å². The summed E-state index contributed by atoms with van der Waals surface area (Å²) in [4.78, 5) is 23.1. The van der Waals surface area contributed by atoms with E-state index in [4.69, 9.17) is 17.2 Å². The Bertz CT molecular complexity index is 220. The summed E-state index contributed by atoms with van der Waals surface area (Å²) < 4.78 is 0. The highest BCUT2D eigenvalue weighted by Crippen LogP contribution is 1.99. The Balaban J connectivity index is 4.04. The number of nitrogens with zero attached hydrogens (tertiary/aromatic N) is 1. The van der Waals surface area contributed by atoms with Gasteiger partial charge in [-0.2, -0.15) is 0 Å². The Morgan fingerprint density at radius 2 is 1.87 bits per heavy atom. The molecule has 0 aromatic heterocycles. The van der Waals surface area contributed by atoms with Crippen LogP contribution in [0.15, 0.2) is 0 Å². The number of amides is 3. The molecule has 15 heavy (non-hydrogen) atoms. The molecule has 88 valence electrons. The lowest BCUT2D eigenvalue weighted by atomic mass is 10.2. The first-order valence-corrected chi connectivity index (χ1v) is 5.08. The van der Waals surface area contributed by atoms with E-state index < -0.39 is 18.0 Å². The molecule has 0 aliphatic heterocycles. The van der Waals surface area contributed by atoms with E-state index in [2.05, 4.69) is 6.92 Å². The lowest BCUT2D eigenvalue weighted by Crippen LogP contribution is -2.49. The predicted molar refractivity (Wildman–Crippen MR) is 57.9 cm³/mol. The molecule has 0 rings (SSSR count). The first-order chi connectivity index (χ1) is 6.99. The van der Waals surface area contributed by atoms with E-state index in [1.807, 2.05) is 0 Å². The fraction of sp³-hybridized carbons (Fsp3) is 0.778. The van der Waals surface area contributed by atoms with Crippen LogP contribution in [0.5, 0.6) is 0 Å². The monoisotopic (exact) mass is 216 g/mol. The fourth-order valence-corrected chi connectivity index (χ4v) is 1.17. The Morgan fingerprint density at radius 3 is 2.27 bits per heavy atom. The molecule has 6 heteroatoms. The third-order valence-corrected chi connectivity index (χ3v) is 2.13. The fourth-order valence-electron chi connectivity index (χ4n) is 1.17. The van der Waals surface area contributed by atoms with Crippen molar-refractivity contribution in [3.63, 3.8) is 0 Å². The van der Waals surface area contributed by atoms with Crippen LogP contribution in [0.1, 0.15) is 26.2 Å². The van der Waals surface area contributed by atoms with Gasteiger partial charge in [0.15, 0.2) is 0 Å². The molecule has 3 amide bonds. The maximum absolute atomic E-state index is 11.0. The van der Waals surface area contributed by atoms with Crippen LogP contribution in [0.3, 0.4) is 0 Å². The first-order valence-electron chi connectivity index (χ1n) is 5.08. The van der Waals surface area contributed by atoms with Crippen molar-refractivity contribution in [1.82, 2.24) is 4.90 Å². The van der Waals surface area contributed by atoms with Crippen molar-refractivity contribution in [3.05, 3.63) is 0 Å². The number of hydrogen-bond acceptors (Lipinski definition) is 3. The number of carbonyl (C=O) groups is 2. The van der Waals surface area contributed by atoms with Crippen LogP contribution in [0, 0.1) is 0 Å². The summed E-state index contributed by atoms with van der Waals surface area (Å²) in [5.74, 6) is -0.628. The van der Waals surface area contributed by atoms with E-state index in [0.717, 1.165) is 19.3 Å². The van der Waals surface area contributed by atoms with Crippen LogP contribution in [0.2, 0.25) is 0 Å². The Morgan fingerprint density at radius 1 is 1.27 bits per heavy atom. The Labute approximate surface area is 89.8 Å². The number of unbranched alkanes of at least 4 members (excludes halogenated alkanes) is 2. The van der Waals surface area contributed by atoms with Gasteiger partial charge in [0.2, 0.25) is 5.91 Å². The lowest BCUT2D eigenvalue weighted by molar-refractivity contribution is -0.119. The molecule has 0 saturated carbocycles. The van der Waals surface area contributed by atoms with Gasteiger partial charge in [-0.15, -0.1) is 0 Å². The molecule has 1 unspecified atom stereocenters. The number of carbonyl (C=O) groups excluding carboxylic acids is 2. The molecule has 0 aliphatic carbocycles. The molecule has 0 aromatic carbocycles. The largest absolute Gasteiger partial charge is 0.368 e. The summed E-state index contributed by atoms with van der Waals surface area (Å²) in [6, 6.07) is -1.41. The van der Waals surface area contributed by atoms with Crippen molar-refractivity contribution in [2.45, 2.75) is 32.2 Å². The summed E-state index contributed by atoms with van der Waals surface area (Å²) in [6.45, 7) is 2.67. The minimum absolute atomic E-state index is 0.0916.